The molecule has 0 spiro atoms. The van der Waals surface area contributed by atoms with E-state index in [0.29, 0.717) is 31.4 Å². The number of ether oxygens (including phenoxy) is 2. The number of hydrogen-bond acceptors (Lipinski definition) is 8. The number of imide groups is 1. The minimum Gasteiger partial charge on any atom is -0.499 e. The first kappa shape index (κ1) is 43.2. The molecule has 0 aliphatic carbocycles. The van der Waals surface area contributed by atoms with Gasteiger partial charge in [0.2, 0.25) is 5.91 Å². The molecule has 0 saturated carbocycles. The fraction of sp³-hybridized carbons (Fsp3) is 0.625. The maximum atomic E-state index is 14.0. The zero-order valence-corrected chi connectivity index (χ0v) is 32.6. The molecule has 1 aliphatic heterocycles. The van der Waals surface area contributed by atoms with Crippen LogP contribution in [0.1, 0.15) is 86.6 Å². The van der Waals surface area contributed by atoms with Crippen molar-refractivity contribution in [2.24, 2.45) is 23.7 Å². The average Bonchev–Trinajstić information content (AvgIpc) is 3.36. The molecule has 6 unspecified atom stereocenters. The van der Waals surface area contributed by atoms with E-state index in [4.69, 9.17) is 9.47 Å². The lowest BCUT2D eigenvalue weighted by Gasteiger charge is -2.30. The predicted molar refractivity (Wildman–Crippen MR) is 199 cm³/mol. The summed E-state index contributed by atoms with van der Waals surface area (Å²) in [5.74, 6) is -1.66. The Bertz CT molecular complexity index is 1370. The number of nitrogens with zero attached hydrogens (tertiary/aromatic N) is 2. The monoisotopic (exact) mass is 710 g/mol. The van der Waals surface area contributed by atoms with Crippen molar-refractivity contribution in [3.8, 4) is 0 Å². The summed E-state index contributed by atoms with van der Waals surface area (Å²) in [4.78, 5) is 70.5. The Hall–Kier alpha value is -3.99. The fourth-order valence-corrected chi connectivity index (χ4v) is 6.28. The molecule has 1 heterocycles. The third kappa shape index (κ3) is 13.6. The van der Waals surface area contributed by atoms with Crippen molar-refractivity contribution in [3.63, 3.8) is 0 Å². The van der Waals surface area contributed by atoms with E-state index in [2.05, 4.69) is 10.6 Å². The second-order valence-corrected chi connectivity index (χ2v) is 15.1. The summed E-state index contributed by atoms with van der Waals surface area (Å²) in [6.07, 6.45) is 5.47. The number of esters is 1. The molecule has 284 valence electrons. The Kier molecular flexibility index (Phi) is 17.6. The van der Waals surface area contributed by atoms with Gasteiger partial charge in [0, 0.05) is 12.2 Å². The van der Waals surface area contributed by atoms with Gasteiger partial charge < -0.3 is 20.1 Å². The lowest BCUT2D eigenvalue weighted by Crippen LogP contribution is -2.53. The van der Waals surface area contributed by atoms with Gasteiger partial charge in [-0.15, -0.1) is 0 Å². The fourth-order valence-electron chi connectivity index (χ4n) is 6.28. The highest BCUT2D eigenvalue weighted by Gasteiger charge is 2.38. The van der Waals surface area contributed by atoms with E-state index in [-0.39, 0.29) is 23.7 Å². The van der Waals surface area contributed by atoms with E-state index in [1.54, 1.807) is 11.0 Å². The van der Waals surface area contributed by atoms with E-state index < -0.39 is 59.9 Å². The number of nitrogens with one attached hydrogen (secondary N) is 2. The number of benzene rings is 1. The molecule has 6 atom stereocenters. The standard InChI is InChI=1S/C40H62N4O7/c1-12-28(8)37(43(9)10)40(49)51-34(22-27(6)7)39(48)42-31(20-25(2)3)38(47)41-30(23-29-16-14-13-15-17-29)18-19-35(45)44-32(21-26(4)5)33(50-11)24-36(44)46/h13-19,24-28,30-32,34,37H,12,20-23H2,1-11H3,(H,41,47)(H,42,48). The highest BCUT2D eigenvalue weighted by atomic mass is 16.5. The molecular formula is C40H62N4O7. The van der Waals surface area contributed by atoms with Crippen LogP contribution in [0.15, 0.2) is 54.3 Å². The number of carbonyl (C=O) groups is 5. The van der Waals surface area contributed by atoms with Gasteiger partial charge in [-0.25, -0.2) is 0 Å². The van der Waals surface area contributed by atoms with Crippen LogP contribution in [-0.4, -0.2) is 90.9 Å². The molecule has 2 rings (SSSR count). The lowest BCUT2D eigenvalue weighted by molar-refractivity contribution is -0.163. The molecule has 0 saturated heterocycles. The molecule has 2 N–H and O–H groups in total. The van der Waals surface area contributed by atoms with Crippen molar-refractivity contribution >= 4 is 29.6 Å². The average molecular weight is 711 g/mol. The topological polar surface area (TPSA) is 134 Å². The smallest absolute Gasteiger partial charge is 0.324 e. The number of hydrogen-bond donors (Lipinski definition) is 2. The van der Waals surface area contributed by atoms with Gasteiger partial charge in [-0.3, -0.25) is 33.8 Å². The largest absolute Gasteiger partial charge is 0.499 e. The van der Waals surface area contributed by atoms with Crippen LogP contribution in [0.5, 0.6) is 0 Å². The Morgan fingerprint density at radius 3 is 2.06 bits per heavy atom. The summed E-state index contributed by atoms with van der Waals surface area (Å²) in [6.45, 7) is 15.8. The van der Waals surface area contributed by atoms with Gasteiger partial charge in [0.25, 0.3) is 17.7 Å². The zero-order chi connectivity index (χ0) is 38.4. The minimum absolute atomic E-state index is 0.0131. The van der Waals surface area contributed by atoms with Crippen LogP contribution in [0.25, 0.3) is 0 Å². The van der Waals surface area contributed by atoms with Crippen molar-refractivity contribution in [2.75, 3.05) is 21.2 Å². The van der Waals surface area contributed by atoms with Crippen molar-refractivity contribution in [1.82, 2.24) is 20.4 Å². The van der Waals surface area contributed by atoms with Gasteiger partial charge >= 0.3 is 5.97 Å². The quantitative estimate of drug-likeness (QED) is 0.142. The lowest BCUT2D eigenvalue weighted by atomic mass is 9.98. The van der Waals surface area contributed by atoms with E-state index >= 15 is 0 Å². The number of rotatable bonds is 20. The second kappa shape index (κ2) is 20.8. The summed E-state index contributed by atoms with van der Waals surface area (Å²) in [5.41, 5.74) is 0.920. The molecule has 0 bridgehead atoms. The van der Waals surface area contributed by atoms with Crippen LogP contribution in [0.4, 0.5) is 0 Å². The van der Waals surface area contributed by atoms with Crippen LogP contribution in [-0.2, 0) is 39.9 Å². The van der Waals surface area contributed by atoms with Crippen LogP contribution in [0, 0.1) is 23.7 Å². The predicted octanol–water partition coefficient (Wildman–Crippen LogP) is 5.05. The summed E-state index contributed by atoms with van der Waals surface area (Å²) < 4.78 is 11.3. The molecule has 1 aromatic rings. The Morgan fingerprint density at radius 1 is 0.902 bits per heavy atom. The van der Waals surface area contributed by atoms with Crippen molar-refractivity contribution in [3.05, 3.63) is 59.9 Å². The van der Waals surface area contributed by atoms with Gasteiger partial charge in [-0.1, -0.05) is 98.2 Å². The number of methoxy groups -OCH3 is 1. The number of amides is 4. The Morgan fingerprint density at radius 2 is 1.53 bits per heavy atom. The van der Waals surface area contributed by atoms with Crippen molar-refractivity contribution < 1.29 is 33.4 Å². The normalized spacial score (nSPS) is 17.8. The van der Waals surface area contributed by atoms with Gasteiger partial charge in [0.1, 0.15) is 17.8 Å². The molecule has 0 fully saturated rings. The summed E-state index contributed by atoms with van der Waals surface area (Å²) in [7, 11) is 5.11. The third-order valence-corrected chi connectivity index (χ3v) is 8.97. The maximum absolute atomic E-state index is 14.0. The first-order chi connectivity index (χ1) is 24.0. The molecule has 11 nitrogen and oxygen atoms in total. The van der Waals surface area contributed by atoms with E-state index in [1.165, 1.54) is 24.2 Å². The molecular weight excluding hydrogens is 648 g/mol. The summed E-state index contributed by atoms with van der Waals surface area (Å²) in [6, 6.07) is 6.90. The van der Waals surface area contributed by atoms with Gasteiger partial charge in [-0.2, -0.15) is 0 Å². The van der Waals surface area contributed by atoms with Gasteiger partial charge in [-0.05, 0) is 69.0 Å². The van der Waals surface area contributed by atoms with Crippen LogP contribution >= 0.6 is 0 Å². The summed E-state index contributed by atoms with van der Waals surface area (Å²) in [5, 5.41) is 5.91. The van der Waals surface area contributed by atoms with Crippen LogP contribution in [0.2, 0.25) is 0 Å². The molecule has 0 aromatic heterocycles. The first-order valence-corrected chi connectivity index (χ1v) is 18.3. The minimum atomic E-state index is -1.08. The first-order valence-electron chi connectivity index (χ1n) is 18.3. The molecule has 1 aliphatic rings. The van der Waals surface area contributed by atoms with E-state index in [1.807, 2.05) is 99.8 Å². The zero-order valence-electron chi connectivity index (χ0n) is 32.6. The van der Waals surface area contributed by atoms with Crippen LogP contribution in [0.3, 0.4) is 0 Å². The van der Waals surface area contributed by atoms with Gasteiger partial charge in [0.05, 0.1) is 19.2 Å². The second-order valence-electron chi connectivity index (χ2n) is 15.1. The van der Waals surface area contributed by atoms with Crippen molar-refractivity contribution in [2.45, 2.75) is 118 Å². The number of carbonyl (C=O) groups excluding carboxylic acids is 5. The van der Waals surface area contributed by atoms with E-state index in [9.17, 15) is 24.0 Å². The Balaban J connectivity index is 2.35. The molecule has 4 amide bonds. The molecule has 11 heteroatoms. The third-order valence-electron chi connectivity index (χ3n) is 8.97. The maximum Gasteiger partial charge on any atom is 0.324 e. The van der Waals surface area contributed by atoms with Gasteiger partial charge in [0.15, 0.2) is 6.10 Å². The van der Waals surface area contributed by atoms with Crippen LogP contribution < -0.4 is 10.6 Å². The molecule has 1 aromatic carbocycles. The SMILES string of the molecule is CCC(C)C(C(=O)OC(CC(C)C)C(=O)NC(CC(C)C)C(=O)NC(C=CC(=O)N1C(=O)C=C(OC)C1CC(C)C)Cc1ccccc1)N(C)C. The highest BCUT2D eigenvalue weighted by molar-refractivity contribution is 6.07. The van der Waals surface area contributed by atoms with E-state index in [0.717, 1.165) is 12.0 Å². The molecule has 51 heavy (non-hydrogen) atoms. The molecule has 0 radical (unpaired) electrons. The Labute approximate surface area is 305 Å². The van der Waals surface area contributed by atoms with Crippen molar-refractivity contribution in [1.29, 1.82) is 0 Å². The number of likely N-dealkylation sites (N-methyl/N-ethyl adjacent to an activating group) is 1. The summed E-state index contributed by atoms with van der Waals surface area (Å²) >= 11 is 0. The highest BCUT2D eigenvalue weighted by Crippen LogP contribution is 2.26.